The summed E-state index contributed by atoms with van der Waals surface area (Å²) in [5.74, 6) is -0.448. The van der Waals surface area contributed by atoms with Crippen molar-refractivity contribution in [3.05, 3.63) is 42.3 Å². The normalized spacial score (nSPS) is 17.3. The van der Waals surface area contributed by atoms with Gasteiger partial charge in [-0.1, -0.05) is 31.5 Å². The summed E-state index contributed by atoms with van der Waals surface area (Å²) < 4.78 is 10.9. The first-order valence-corrected chi connectivity index (χ1v) is 7.87. The average Bonchev–Trinajstić information content (AvgIpc) is 2.57. The van der Waals surface area contributed by atoms with Crippen molar-refractivity contribution < 1.29 is 14.3 Å². The molecule has 0 radical (unpaired) electrons. The molecule has 0 aromatic heterocycles. The van der Waals surface area contributed by atoms with Crippen molar-refractivity contribution in [3.8, 4) is 0 Å². The third-order valence-corrected chi connectivity index (χ3v) is 3.34. The van der Waals surface area contributed by atoms with Crippen molar-refractivity contribution in [2.45, 2.75) is 26.7 Å². The number of carbonyl (C=O) groups is 1. The van der Waals surface area contributed by atoms with Gasteiger partial charge in [0, 0.05) is 0 Å². The van der Waals surface area contributed by atoms with Gasteiger partial charge >= 0.3 is 5.97 Å². The number of carbonyl (C=O) groups excluding carboxylic acids is 1. The standard InChI is InChI=1S/C17H23N3O3/c1-3-5-11-23-15-12-14(17(21)22-4-2)16(18)19-20(15)13-9-7-6-8-10-13/h6-10,12,14H,3-5,11H2,1-2H3,(H2,18,19). The largest absolute Gasteiger partial charge is 0.478 e. The second kappa shape index (κ2) is 8.22. The highest BCUT2D eigenvalue weighted by Crippen LogP contribution is 2.26. The van der Waals surface area contributed by atoms with Crippen molar-refractivity contribution in [2.75, 3.05) is 18.2 Å². The second-order valence-electron chi connectivity index (χ2n) is 5.11. The van der Waals surface area contributed by atoms with Crippen LogP contribution in [-0.4, -0.2) is 25.0 Å². The minimum atomic E-state index is -0.716. The lowest BCUT2D eigenvalue weighted by Gasteiger charge is -2.28. The number of hydrogen-bond acceptors (Lipinski definition) is 6. The molecule has 0 bridgehead atoms. The molecule has 1 aromatic rings. The predicted molar refractivity (Wildman–Crippen MR) is 89.6 cm³/mol. The number of esters is 1. The van der Waals surface area contributed by atoms with E-state index in [1.165, 1.54) is 0 Å². The van der Waals surface area contributed by atoms with Crippen LogP contribution in [0.2, 0.25) is 0 Å². The van der Waals surface area contributed by atoms with E-state index in [0.717, 1.165) is 18.5 Å². The highest BCUT2D eigenvalue weighted by molar-refractivity contribution is 6.03. The molecule has 0 aliphatic carbocycles. The number of nitrogens with zero attached hydrogens (tertiary/aromatic N) is 2. The van der Waals surface area contributed by atoms with E-state index in [2.05, 4.69) is 12.0 Å². The maximum absolute atomic E-state index is 12.0. The minimum Gasteiger partial charge on any atom is -0.478 e. The van der Waals surface area contributed by atoms with E-state index in [-0.39, 0.29) is 5.84 Å². The Balaban J connectivity index is 2.27. The van der Waals surface area contributed by atoms with Gasteiger partial charge < -0.3 is 15.2 Å². The zero-order valence-corrected chi connectivity index (χ0v) is 13.6. The monoisotopic (exact) mass is 317 g/mol. The molecule has 1 aliphatic heterocycles. The summed E-state index contributed by atoms with van der Waals surface area (Å²) in [4.78, 5) is 12.0. The van der Waals surface area contributed by atoms with E-state index in [9.17, 15) is 4.79 Å². The van der Waals surface area contributed by atoms with Gasteiger partial charge in [-0.25, -0.2) is 0 Å². The molecular weight excluding hydrogens is 294 g/mol. The number of rotatable bonds is 7. The lowest BCUT2D eigenvalue weighted by molar-refractivity contribution is -0.144. The number of ether oxygens (including phenoxy) is 2. The molecule has 1 aromatic carbocycles. The first-order chi connectivity index (χ1) is 11.2. The average molecular weight is 317 g/mol. The first-order valence-electron chi connectivity index (χ1n) is 7.87. The topological polar surface area (TPSA) is 77.1 Å². The molecule has 124 valence electrons. The molecule has 0 amide bonds. The Kier molecular flexibility index (Phi) is 6.02. The molecule has 23 heavy (non-hydrogen) atoms. The van der Waals surface area contributed by atoms with Gasteiger partial charge in [0.15, 0.2) is 0 Å². The zero-order chi connectivity index (χ0) is 16.7. The molecule has 2 rings (SSSR count). The van der Waals surface area contributed by atoms with E-state index in [1.807, 2.05) is 30.3 Å². The van der Waals surface area contributed by atoms with Crippen molar-refractivity contribution in [1.82, 2.24) is 0 Å². The molecule has 0 spiro atoms. The lowest BCUT2D eigenvalue weighted by atomic mass is 10.1. The number of unbranched alkanes of at least 4 members (excludes halogenated alkanes) is 1. The molecular formula is C17H23N3O3. The summed E-state index contributed by atoms with van der Waals surface area (Å²) >= 11 is 0. The van der Waals surface area contributed by atoms with Crippen molar-refractivity contribution in [2.24, 2.45) is 16.8 Å². The fourth-order valence-corrected chi connectivity index (χ4v) is 2.13. The Morgan fingerprint density at radius 2 is 2.04 bits per heavy atom. The minimum absolute atomic E-state index is 0.190. The van der Waals surface area contributed by atoms with E-state index < -0.39 is 11.9 Å². The highest BCUT2D eigenvalue weighted by Gasteiger charge is 2.30. The number of hydrogen-bond donors (Lipinski definition) is 1. The van der Waals surface area contributed by atoms with Crippen LogP contribution in [0.5, 0.6) is 0 Å². The lowest BCUT2D eigenvalue weighted by Crippen LogP contribution is -2.38. The first kappa shape index (κ1) is 16.9. The number of para-hydroxylation sites is 1. The summed E-state index contributed by atoms with van der Waals surface area (Å²) in [6.45, 7) is 4.69. The maximum Gasteiger partial charge on any atom is 0.320 e. The van der Waals surface area contributed by atoms with Crippen molar-refractivity contribution >= 4 is 17.5 Å². The van der Waals surface area contributed by atoms with Gasteiger partial charge in [0.25, 0.3) is 0 Å². The van der Waals surface area contributed by atoms with Crippen LogP contribution in [0.1, 0.15) is 26.7 Å². The molecule has 0 fully saturated rings. The third-order valence-electron chi connectivity index (χ3n) is 3.34. The Hall–Kier alpha value is -2.50. The van der Waals surface area contributed by atoms with Crippen LogP contribution < -0.4 is 10.7 Å². The molecule has 6 nitrogen and oxygen atoms in total. The summed E-state index contributed by atoms with van der Waals surface area (Å²) in [5.41, 5.74) is 6.78. The Labute approximate surface area is 136 Å². The van der Waals surface area contributed by atoms with Crippen LogP contribution in [0.25, 0.3) is 0 Å². The van der Waals surface area contributed by atoms with Crippen LogP contribution in [0, 0.1) is 5.92 Å². The van der Waals surface area contributed by atoms with Crippen LogP contribution in [0.3, 0.4) is 0 Å². The number of benzene rings is 1. The Bertz CT molecular complexity index is 584. The molecule has 6 heteroatoms. The quantitative estimate of drug-likeness (QED) is 0.618. The van der Waals surface area contributed by atoms with Crippen LogP contribution in [0.4, 0.5) is 5.69 Å². The van der Waals surface area contributed by atoms with Gasteiger partial charge in [0.1, 0.15) is 11.8 Å². The summed E-state index contributed by atoms with van der Waals surface area (Å²) in [5, 5.41) is 5.94. The number of hydrazone groups is 1. The van der Waals surface area contributed by atoms with E-state index >= 15 is 0 Å². The maximum atomic E-state index is 12.0. The molecule has 1 atom stereocenters. The zero-order valence-electron chi connectivity index (χ0n) is 13.6. The second-order valence-corrected chi connectivity index (χ2v) is 5.11. The van der Waals surface area contributed by atoms with Gasteiger partial charge in [-0.2, -0.15) is 10.1 Å². The predicted octanol–water partition coefficient (Wildman–Crippen LogP) is 2.62. The number of nitrogens with two attached hydrogens (primary N) is 1. The molecule has 0 saturated heterocycles. The Morgan fingerprint density at radius 3 is 2.70 bits per heavy atom. The van der Waals surface area contributed by atoms with Gasteiger partial charge in [-0.15, -0.1) is 0 Å². The Morgan fingerprint density at radius 1 is 1.30 bits per heavy atom. The van der Waals surface area contributed by atoms with Gasteiger partial charge in [0.2, 0.25) is 5.88 Å². The van der Waals surface area contributed by atoms with Crippen LogP contribution in [0.15, 0.2) is 47.4 Å². The molecule has 1 unspecified atom stereocenters. The van der Waals surface area contributed by atoms with Gasteiger partial charge in [0.05, 0.1) is 18.9 Å². The van der Waals surface area contributed by atoms with E-state index in [1.54, 1.807) is 18.0 Å². The SMILES string of the molecule is CCCCOC1=CC(C(=O)OCC)C(N)=NN1c1ccccc1. The molecule has 1 heterocycles. The third kappa shape index (κ3) is 4.25. The van der Waals surface area contributed by atoms with E-state index in [4.69, 9.17) is 15.2 Å². The van der Waals surface area contributed by atoms with E-state index in [0.29, 0.717) is 19.1 Å². The van der Waals surface area contributed by atoms with Gasteiger partial charge in [-0.05, 0) is 31.6 Å². The molecule has 2 N–H and O–H groups in total. The molecule has 1 aliphatic rings. The van der Waals surface area contributed by atoms with Crippen molar-refractivity contribution in [3.63, 3.8) is 0 Å². The van der Waals surface area contributed by atoms with Crippen LogP contribution >= 0.6 is 0 Å². The smallest absolute Gasteiger partial charge is 0.320 e. The fraction of sp³-hybridized carbons (Fsp3) is 0.412. The highest BCUT2D eigenvalue weighted by atomic mass is 16.5. The van der Waals surface area contributed by atoms with Crippen LogP contribution in [-0.2, 0) is 14.3 Å². The summed E-state index contributed by atoms with van der Waals surface area (Å²) in [6.07, 6.45) is 3.61. The summed E-state index contributed by atoms with van der Waals surface area (Å²) in [6, 6.07) is 9.53. The number of amidine groups is 1. The molecule has 0 saturated carbocycles. The van der Waals surface area contributed by atoms with Gasteiger partial charge in [-0.3, -0.25) is 4.79 Å². The summed E-state index contributed by atoms with van der Waals surface area (Å²) in [7, 11) is 0. The number of anilines is 1. The fourth-order valence-electron chi connectivity index (χ4n) is 2.13. The van der Waals surface area contributed by atoms with Crippen molar-refractivity contribution in [1.29, 1.82) is 0 Å².